The van der Waals surface area contributed by atoms with Crippen molar-refractivity contribution in [2.75, 3.05) is 40.5 Å². The Bertz CT molecular complexity index is 1190. The van der Waals surface area contributed by atoms with E-state index in [-0.39, 0.29) is 11.5 Å². The molecule has 172 valence electrons. The minimum absolute atomic E-state index is 0.155. The summed E-state index contributed by atoms with van der Waals surface area (Å²) < 4.78 is 27.6. The molecule has 0 radical (unpaired) electrons. The molecule has 1 saturated heterocycles. The summed E-state index contributed by atoms with van der Waals surface area (Å²) in [5, 5.41) is 0.630. The topological polar surface area (TPSA) is 96.4 Å². The monoisotopic (exact) mass is 452 g/mol. The van der Waals surface area contributed by atoms with Crippen molar-refractivity contribution in [3.05, 3.63) is 48.2 Å². The lowest BCUT2D eigenvalue weighted by molar-refractivity contribution is 0.0413. The van der Waals surface area contributed by atoms with Gasteiger partial charge in [0.05, 0.1) is 38.5 Å². The second kappa shape index (κ2) is 9.74. The van der Waals surface area contributed by atoms with Crippen LogP contribution in [0, 0.1) is 0 Å². The maximum atomic E-state index is 12.5. The van der Waals surface area contributed by atoms with Crippen LogP contribution < -0.4 is 18.9 Å². The van der Waals surface area contributed by atoms with Crippen LogP contribution in [-0.2, 0) is 4.74 Å². The van der Waals surface area contributed by atoms with Gasteiger partial charge in [0, 0.05) is 30.7 Å². The van der Waals surface area contributed by atoms with Crippen molar-refractivity contribution in [3.63, 3.8) is 0 Å². The van der Waals surface area contributed by atoms with Gasteiger partial charge in [0.15, 0.2) is 17.3 Å². The predicted octanol–water partition coefficient (Wildman–Crippen LogP) is 4.08. The third-order valence-corrected chi connectivity index (χ3v) is 5.24. The summed E-state index contributed by atoms with van der Waals surface area (Å²) in [6.45, 7) is 3.33. The Morgan fingerprint density at radius 2 is 1.73 bits per heavy atom. The van der Waals surface area contributed by atoms with Crippen molar-refractivity contribution in [2.24, 2.45) is 0 Å². The molecule has 9 nitrogen and oxygen atoms in total. The number of rotatable bonds is 6. The quantitative estimate of drug-likeness (QED) is 0.516. The lowest BCUT2D eigenvalue weighted by atomic mass is 10.1. The van der Waals surface area contributed by atoms with E-state index in [1.54, 1.807) is 47.5 Å². The van der Waals surface area contributed by atoms with E-state index in [0.29, 0.717) is 65.8 Å². The van der Waals surface area contributed by atoms with E-state index in [0.717, 1.165) is 0 Å². The van der Waals surface area contributed by atoms with E-state index in [4.69, 9.17) is 23.7 Å². The molecule has 0 saturated carbocycles. The van der Waals surface area contributed by atoms with Crippen LogP contribution in [0.4, 0.5) is 4.79 Å². The molecule has 3 aromatic rings. The number of hydrogen-bond acceptors (Lipinski definition) is 8. The summed E-state index contributed by atoms with van der Waals surface area (Å²) in [5.41, 5.74) is 0.929. The summed E-state index contributed by atoms with van der Waals surface area (Å²) in [6, 6.07) is 10.0. The molecule has 2 heterocycles. The molecular weight excluding hydrogens is 428 g/mol. The molecule has 0 spiro atoms. The van der Waals surface area contributed by atoms with Crippen molar-refractivity contribution >= 4 is 22.8 Å². The fourth-order valence-electron chi connectivity index (χ4n) is 3.48. The molecule has 0 aliphatic carbocycles. The van der Waals surface area contributed by atoms with E-state index in [9.17, 15) is 9.59 Å². The van der Waals surface area contributed by atoms with Crippen molar-refractivity contribution in [1.82, 2.24) is 9.88 Å². The number of aromatic nitrogens is 1. The minimum atomic E-state index is -0.479. The second-order valence-corrected chi connectivity index (χ2v) is 7.32. The number of carbonyl (C=O) groups excluding carboxylic acids is 2. The van der Waals surface area contributed by atoms with Crippen LogP contribution in [0.1, 0.15) is 17.3 Å². The third-order valence-electron chi connectivity index (χ3n) is 5.24. The Morgan fingerprint density at radius 3 is 2.42 bits per heavy atom. The minimum Gasteiger partial charge on any atom is -0.497 e. The normalized spacial score (nSPS) is 13.5. The first-order chi connectivity index (χ1) is 16.0. The second-order valence-electron chi connectivity index (χ2n) is 7.32. The molecule has 4 rings (SSSR count). The Labute approximate surface area is 190 Å². The molecule has 33 heavy (non-hydrogen) atoms. The zero-order valence-electron chi connectivity index (χ0n) is 18.6. The number of hydrogen-bond donors (Lipinski definition) is 0. The van der Waals surface area contributed by atoms with E-state index >= 15 is 0 Å². The molecule has 0 bridgehead atoms. The zero-order chi connectivity index (χ0) is 23.4. The molecule has 1 aliphatic rings. The van der Waals surface area contributed by atoms with Gasteiger partial charge in [-0.2, -0.15) is 0 Å². The van der Waals surface area contributed by atoms with Crippen LogP contribution in [-0.4, -0.2) is 62.3 Å². The number of benzene rings is 2. The number of methoxy groups -OCH3 is 2. The molecule has 0 atom stereocenters. The van der Waals surface area contributed by atoms with Gasteiger partial charge in [0.1, 0.15) is 17.2 Å². The lowest BCUT2D eigenvalue weighted by Crippen LogP contribution is -2.42. The smallest absolute Gasteiger partial charge is 0.415 e. The fourth-order valence-corrected chi connectivity index (χ4v) is 3.48. The number of fused-ring (bicyclic) bond motifs is 1. The number of ketones is 1. The fraction of sp³-hybridized carbons (Fsp3) is 0.292. The van der Waals surface area contributed by atoms with Gasteiger partial charge in [-0.3, -0.25) is 9.78 Å². The average molecular weight is 452 g/mol. The van der Waals surface area contributed by atoms with Crippen LogP contribution in [0.3, 0.4) is 0 Å². The highest BCUT2D eigenvalue weighted by Crippen LogP contribution is 2.38. The molecule has 1 amide bonds. The number of nitrogens with zero attached hydrogens (tertiary/aromatic N) is 2. The van der Waals surface area contributed by atoms with E-state index in [1.165, 1.54) is 21.1 Å². The molecule has 0 unspecified atom stereocenters. The molecular formula is C24H24N2O7. The van der Waals surface area contributed by atoms with E-state index in [2.05, 4.69) is 4.98 Å². The van der Waals surface area contributed by atoms with Crippen molar-refractivity contribution in [2.45, 2.75) is 6.92 Å². The van der Waals surface area contributed by atoms with Crippen LogP contribution in [0.2, 0.25) is 0 Å². The third kappa shape index (κ3) is 4.83. The highest BCUT2D eigenvalue weighted by Gasteiger charge is 2.22. The number of pyridine rings is 1. The van der Waals surface area contributed by atoms with Crippen LogP contribution in [0.5, 0.6) is 28.7 Å². The van der Waals surface area contributed by atoms with Gasteiger partial charge in [0.25, 0.3) is 0 Å². The molecule has 1 aliphatic heterocycles. The van der Waals surface area contributed by atoms with Gasteiger partial charge < -0.3 is 28.6 Å². The Morgan fingerprint density at radius 1 is 0.939 bits per heavy atom. The van der Waals surface area contributed by atoms with Crippen LogP contribution in [0.15, 0.2) is 42.6 Å². The summed E-state index contributed by atoms with van der Waals surface area (Å²) in [4.78, 5) is 30.6. The SMILES string of the molecule is COc1ccc(Oc2ccnc3cc(OC(=O)N4CCOCC4)c(OC)cc23)c(C(C)=O)c1. The molecule has 0 N–H and O–H groups in total. The van der Waals surface area contributed by atoms with Crippen molar-refractivity contribution in [1.29, 1.82) is 0 Å². The predicted molar refractivity (Wildman–Crippen MR) is 120 cm³/mol. The van der Waals surface area contributed by atoms with Gasteiger partial charge in [-0.25, -0.2) is 4.79 Å². The highest BCUT2D eigenvalue weighted by molar-refractivity contribution is 5.97. The number of Topliss-reactive ketones (excluding diaryl/α,β-unsaturated/α-hetero) is 1. The Kier molecular flexibility index (Phi) is 6.60. The Balaban J connectivity index is 1.67. The summed E-state index contributed by atoms with van der Waals surface area (Å²) >= 11 is 0. The largest absolute Gasteiger partial charge is 0.497 e. The first-order valence-corrected chi connectivity index (χ1v) is 10.4. The van der Waals surface area contributed by atoms with E-state index in [1.807, 2.05) is 0 Å². The van der Waals surface area contributed by atoms with E-state index < -0.39 is 6.09 Å². The number of amides is 1. The molecule has 2 aromatic carbocycles. The lowest BCUT2D eigenvalue weighted by Gasteiger charge is -2.26. The first kappa shape index (κ1) is 22.3. The number of ether oxygens (including phenoxy) is 5. The molecule has 9 heteroatoms. The highest BCUT2D eigenvalue weighted by atomic mass is 16.6. The molecule has 1 fully saturated rings. The van der Waals surface area contributed by atoms with Crippen LogP contribution in [0.25, 0.3) is 10.9 Å². The summed E-state index contributed by atoms with van der Waals surface area (Å²) in [6.07, 6.45) is 1.10. The number of carbonyl (C=O) groups is 2. The van der Waals surface area contributed by atoms with Gasteiger partial charge in [-0.15, -0.1) is 0 Å². The van der Waals surface area contributed by atoms with Gasteiger partial charge in [-0.1, -0.05) is 0 Å². The van der Waals surface area contributed by atoms with Gasteiger partial charge in [0.2, 0.25) is 0 Å². The van der Waals surface area contributed by atoms with Crippen molar-refractivity contribution in [3.8, 4) is 28.7 Å². The summed E-state index contributed by atoms with van der Waals surface area (Å²) in [7, 11) is 3.02. The standard InChI is InChI=1S/C24H24N2O7/c1-15(27)17-12-16(29-2)4-5-20(17)32-21-6-7-25-19-14-23(22(30-3)13-18(19)21)33-24(28)26-8-10-31-11-9-26/h4-7,12-14H,8-11H2,1-3H3. The van der Waals surface area contributed by atoms with Gasteiger partial charge in [-0.05, 0) is 37.3 Å². The maximum Gasteiger partial charge on any atom is 0.415 e. The summed E-state index contributed by atoms with van der Waals surface area (Å²) in [5.74, 6) is 1.86. The van der Waals surface area contributed by atoms with Gasteiger partial charge >= 0.3 is 6.09 Å². The maximum absolute atomic E-state index is 12.5. The first-order valence-electron chi connectivity index (χ1n) is 10.4. The van der Waals surface area contributed by atoms with Crippen molar-refractivity contribution < 1.29 is 33.3 Å². The molecule has 1 aromatic heterocycles. The van der Waals surface area contributed by atoms with Crippen LogP contribution >= 0.6 is 0 Å². The zero-order valence-corrected chi connectivity index (χ0v) is 18.6. The number of morpholine rings is 1. The average Bonchev–Trinajstić information content (AvgIpc) is 2.84. The Hall–Kier alpha value is -3.85.